The first-order valence-corrected chi connectivity index (χ1v) is 8.12. The number of anilines is 1. The minimum absolute atomic E-state index is 0.336. The normalized spacial score (nSPS) is 15.2. The fourth-order valence-corrected chi connectivity index (χ4v) is 3.02. The minimum Gasteiger partial charge on any atom is -0.379 e. The summed E-state index contributed by atoms with van der Waals surface area (Å²) in [7, 11) is 1.89. The van der Waals surface area contributed by atoms with Crippen molar-refractivity contribution in [1.82, 2.24) is 20.0 Å². The molecule has 0 unspecified atom stereocenters. The van der Waals surface area contributed by atoms with E-state index in [1.54, 1.807) is 4.68 Å². The van der Waals surface area contributed by atoms with Gasteiger partial charge in [0.1, 0.15) is 6.07 Å². The number of rotatable bonds is 4. The molecule has 6 heteroatoms. The quantitative estimate of drug-likeness (QED) is 0.799. The molecule has 0 amide bonds. The topological polar surface area (TPSA) is 79.4 Å². The van der Waals surface area contributed by atoms with Crippen LogP contribution in [0.3, 0.4) is 0 Å². The smallest absolute Gasteiger partial charge is 0.186 e. The summed E-state index contributed by atoms with van der Waals surface area (Å²) in [5.41, 5.74) is 3.99. The number of aromatic nitrogens is 4. The van der Waals surface area contributed by atoms with Crippen molar-refractivity contribution in [2.24, 2.45) is 13.0 Å². The molecule has 1 aliphatic carbocycles. The largest absolute Gasteiger partial charge is 0.379 e. The Kier molecular flexibility index (Phi) is 3.42. The Morgan fingerprint density at radius 2 is 2.12 bits per heavy atom. The Morgan fingerprint density at radius 3 is 2.79 bits per heavy atom. The third-order valence-corrected chi connectivity index (χ3v) is 4.61. The fraction of sp³-hybridized carbons (Fsp3) is 0.333. The van der Waals surface area contributed by atoms with Crippen molar-refractivity contribution >= 4 is 16.6 Å². The van der Waals surface area contributed by atoms with Crippen LogP contribution in [0.4, 0.5) is 5.69 Å². The van der Waals surface area contributed by atoms with Gasteiger partial charge in [-0.3, -0.25) is 4.68 Å². The molecule has 0 spiro atoms. The maximum Gasteiger partial charge on any atom is 0.186 e. The van der Waals surface area contributed by atoms with Crippen LogP contribution in [0.2, 0.25) is 0 Å². The summed E-state index contributed by atoms with van der Waals surface area (Å²) < 4.78 is 1.77. The molecule has 2 heterocycles. The molecule has 0 aliphatic heterocycles. The van der Waals surface area contributed by atoms with Crippen LogP contribution in [0.25, 0.3) is 22.0 Å². The standard InChI is InChI=1S/C18H18N6/c1-11(12-3-4-12)21-18-15-6-5-13(14-9-20-24(2)10-14)7-16(15)22-23-17(18)8-19/h5-7,9-12H,3-4H2,1-2H3,(H,21,22)/t11-/m1/s1. The van der Waals surface area contributed by atoms with Gasteiger partial charge in [0.05, 0.1) is 17.4 Å². The molecule has 4 rings (SSSR count). The zero-order valence-electron chi connectivity index (χ0n) is 13.7. The number of hydrogen-bond donors (Lipinski definition) is 1. The van der Waals surface area contributed by atoms with Gasteiger partial charge >= 0.3 is 0 Å². The average Bonchev–Trinajstić information content (AvgIpc) is 3.36. The van der Waals surface area contributed by atoms with Gasteiger partial charge in [0.25, 0.3) is 0 Å². The molecule has 1 aliphatic rings. The molecule has 6 nitrogen and oxygen atoms in total. The zero-order valence-corrected chi connectivity index (χ0v) is 13.7. The van der Waals surface area contributed by atoms with E-state index >= 15 is 0 Å². The first-order valence-electron chi connectivity index (χ1n) is 8.12. The SMILES string of the molecule is C[C@@H](Nc1c(C#N)nnc2cc(-c3cnn(C)c3)ccc12)C1CC1. The highest BCUT2D eigenvalue weighted by Crippen LogP contribution is 2.36. The molecule has 1 N–H and O–H groups in total. The van der Waals surface area contributed by atoms with Crippen LogP contribution in [-0.2, 0) is 7.05 Å². The number of nitriles is 1. The summed E-state index contributed by atoms with van der Waals surface area (Å²) in [6, 6.07) is 8.53. The van der Waals surface area contributed by atoms with Crippen LogP contribution in [-0.4, -0.2) is 26.0 Å². The third kappa shape index (κ3) is 2.58. The highest BCUT2D eigenvalue weighted by Gasteiger charge is 2.29. The van der Waals surface area contributed by atoms with E-state index in [0.717, 1.165) is 27.7 Å². The van der Waals surface area contributed by atoms with Gasteiger partial charge < -0.3 is 5.32 Å². The van der Waals surface area contributed by atoms with Crippen molar-refractivity contribution in [2.45, 2.75) is 25.8 Å². The van der Waals surface area contributed by atoms with E-state index < -0.39 is 0 Å². The fourth-order valence-electron chi connectivity index (χ4n) is 3.02. The van der Waals surface area contributed by atoms with Crippen molar-refractivity contribution in [3.8, 4) is 17.2 Å². The van der Waals surface area contributed by atoms with Crippen molar-refractivity contribution in [2.75, 3.05) is 5.32 Å². The van der Waals surface area contributed by atoms with Crippen molar-refractivity contribution in [1.29, 1.82) is 5.26 Å². The van der Waals surface area contributed by atoms with Crippen molar-refractivity contribution in [3.63, 3.8) is 0 Å². The van der Waals surface area contributed by atoms with E-state index in [2.05, 4.69) is 33.6 Å². The van der Waals surface area contributed by atoms with Crippen LogP contribution in [0, 0.1) is 17.2 Å². The predicted octanol–water partition coefficient (Wildman–Crippen LogP) is 3.11. The third-order valence-electron chi connectivity index (χ3n) is 4.61. The van der Waals surface area contributed by atoms with Gasteiger partial charge in [0.15, 0.2) is 5.69 Å². The van der Waals surface area contributed by atoms with Crippen LogP contribution < -0.4 is 5.32 Å². The monoisotopic (exact) mass is 318 g/mol. The lowest BCUT2D eigenvalue weighted by molar-refractivity contribution is 0.694. The molecule has 1 atom stereocenters. The molecule has 3 aromatic rings. The number of aryl methyl sites for hydroxylation is 1. The predicted molar refractivity (Wildman–Crippen MR) is 92.3 cm³/mol. The van der Waals surface area contributed by atoms with E-state index in [1.165, 1.54) is 12.8 Å². The second-order valence-corrected chi connectivity index (χ2v) is 6.44. The van der Waals surface area contributed by atoms with E-state index in [1.807, 2.05) is 37.6 Å². The second-order valence-electron chi connectivity index (χ2n) is 6.44. The summed E-state index contributed by atoms with van der Waals surface area (Å²) in [6.07, 6.45) is 6.29. The highest BCUT2D eigenvalue weighted by atomic mass is 15.2. The summed E-state index contributed by atoms with van der Waals surface area (Å²) in [4.78, 5) is 0. The molecule has 24 heavy (non-hydrogen) atoms. The number of nitrogens with one attached hydrogen (secondary N) is 1. The van der Waals surface area contributed by atoms with E-state index in [-0.39, 0.29) is 0 Å². The maximum atomic E-state index is 9.38. The molecular formula is C18H18N6. The summed E-state index contributed by atoms with van der Waals surface area (Å²) >= 11 is 0. The lowest BCUT2D eigenvalue weighted by atomic mass is 10.0. The van der Waals surface area contributed by atoms with Crippen molar-refractivity contribution < 1.29 is 0 Å². The van der Waals surface area contributed by atoms with Crippen LogP contribution in [0.15, 0.2) is 30.6 Å². The number of benzene rings is 1. The Hall–Kier alpha value is -2.94. The molecule has 2 aromatic heterocycles. The van der Waals surface area contributed by atoms with Gasteiger partial charge in [-0.25, -0.2) is 0 Å². The lowest BCUT2D eigenvalue weighted by Crippen LogP contribution is -2.19. The van der Waals surface area contributed by atoms with Crippen LogP contribution in [0.5, 0.6) is 0 Å². The van der Waals surface area contributed by atoms with E-state index in [9.17, 15) is 5.26 Å². The zero-order chi connectivity index (χ0) is 16.7. The Labute approximate surface area is 140 Å². The lowest BCUT2D eigenvalue weighted by Gasteiger charge is -2.16. The molecule has 0 saturated heterocycles. The summed E-state index contributed by atoms with van der Waals surface area (Å²) in [6.45, 7) is 2.16. The van der Waals surface area contributed by atoms with Crippen molar-refractivity contribution in [3.05, 3.63) is 36.3 Å². The van der Waals surface area contributed by atoms with Crippen LogP contribution >= 0.6 is 0 Å². The second kappa shape index (κ2) is 5.60. The van der Waals surface area contributed by atoms with Gasteiger partial charge in [0, 0.05) is 30.2 Å². The maximum absolute atomic E-state index is 9.38. The van der Waals surface area contributed by atoms with Crippen LogP contribution in [0.1, 0.15) is 25.5 Å². The molecular weight excluding hydrogens is 300 g/mol. The van der Waals surface area contributed by atoms with E-state index in [4.69, 9.17) is 0 Å². The first kappa shape index (κ1) is 14.6. The Balaban J connectivity index is 1.79. The van der Waals surface area contributed by atoms with Gasteiger partial charge in [-0.15, -0.1) is 10.2 Å². The van der Waals surface area contributed by atoms with Gasteiger partial charge in [0.2, 0.25) is 0 Å². The van der Waals surface area contributed by atoms with E-state index in [0.29, 0.717) is 17.7 Å². The molecule has 1 aromatic carbocycles. The number of hydrogen-bond acceptors (Lipinski definition) is 5. The highest BCUT2D eigenvalue weighted by molar-refractivity contribution is 5.95. The number of nitrogens with zero attached hydrogens (tertiary/aromatic N) is 5. The molecule has 1 fully saturated rings. The molecule has 120 valence electrons. The molecule has 1 saturated carbocycles. The Bertz CT molecular complexity index is 948. The minimum atomic E-state index is 0.336. The number of fused-ring (bicyclic) bond motifs is 1. The van der Waals surface area contributed by atoms with Gasteiger partial charge in [-0.05, 0) is 43.4 Å². The Morgan fingerprint density at radius 1 is 1.29 bits per heavy atom. The van der Waals surface area contributed by atoms with Gasteiger partial charge in [-0.2, -0.15) is 10.4 Å². The molecule has 0 radical (unpaired) electrons. The summed E-state index contributed by atoms with van der Waals surface area (Å²) in [5.74, 6) is 0.689. The molecule has 0 bridgehead atoms. The summed E-state index contributed by atoms with van der Waals surface area (Å²) in [5, 5.41) is 26.3. The first-order chi connectivity index (χ1) is 11.7. The van der Waals surface area contributed by atoms with Gasteiger partial charge in [-0.1, -0.05) is 6.07 Å². The average molecular weight is 318 g/mol.